The topological polar surface area (TPSA) is 51.2 Å². The van der Waals surface area contributed by atoms with E-state index in [1.54, 1.807) is 38.1 Å². The Bertz CT molecular complexity index is 1160. The predicted molar refractivity (Wildman–Crippen MR) is 120 cm³/mol. The quantitative estimate of drug-likeness (QED) is 0.407. The first-order valence-electron chi connectivity index (χ1n) is 9.99. The Hall–Kier alpha value is -2.58. The van der Waals surface area contributed by atoms with E-state index in [4.69, 9.17) is 16.3 Å². The van der Waals surface area contributed by atoms with Gasteiger partial charge in [-0.25, -0.2) is 4.79 Å². The molecule has 9 heteroatoms. The molecule has 1 saturated carbocycles. The number of pyridine rings is 1. The van der Waals surface area contributed by atoms with Gasteiger partial charge in [-0.1, -0.05) is 11.6 Å². The lowest BCUT2D eigenvalue weighted by molar-refractivity contribution is -0.161. The van der Waals surface area contributed by atoms with Crippen LogP contribution in [0.3, 0.4) is 0 Å². The fourth-order valence-corrected chi connectivity index (χ4v) is 4.76. The fourth-order valence-electron chi connectivity index (χ4n) is 3.46. The summed E-state index contributed by atoms with van der Waals surface area (Å²) in [5, 5.41) is 4.94. The number of amides is 1. The van der Waals surface area contributed by atoms with Gasteiger partial charge in [0.1, 0.15) is 5.41 Å². The standard InChI is InChI=1S/C23H20ClF3N2O2S/c1-13(2)31-21(30)29-16-3-4-17(18(24)11-16)19-9-15(12-32-19)14-5-8-28-20(10-14)22(6-7-22)23(25,26)27/h3-5,8-13H,6-7H2,1-2H3,(H,29,30). The zero-order chi connectivity index (χ0) is 23.1. The van der Waals surface area contributed by atoms with Crippen LogP contribution in [0.25, 0.3) is 21.6 Å². The minimum absolute atomic E-state index is 0.0667. The molecule has 1 N–H and O–H groups in total. The van der Waals surface area contributed by atoms with Crippen LogP contribution in [-0.4, -0.2) is 23.4 Å². The number of nitrogens with zero attached hydrogens (tertiary/aromatic N) is 1. The van der Waals surface area contributed by atoms with Crippen molar-refractivity contribution < 1.29 is 22.7 Å². The molecule has 168 valence electrons. The third-order valence-corrected chi connectivity index (χ3v) is 6.58. The molecule has 2 heterocycles. The lowest BCUT2D eigenvalue weighted by Gasteiger charge is -2.18. The summed E-state index contributed by atoms with van der Waals surface area (Å²) in [4.78, 5) is 16.6. The predicted octanol–water partition coefficient (Wildman–Crippen LogP) is 7.68. The monoisotopic (exact) mass is 480 g/mol. The third kappa shape index (κ3) is 4.47. The number of carbonyl (C=O) groups is 1. The Morgan fingerprint density at radius 1 is 1.19 bits per heavy atom. The molecular formula is C23H20ClF3N2O2S. The lowest BCUT2D eigenvalue weighted by Crippen LogP contribution is -2.29. The van der Waals surface area contributed by atoms with Crippen LogP contribution in [-0.2, 0) is 10.2 Å². The van der Waals surface area contributed by atoms with Gasteiger partial charge in [-0.15, -0.1) is 11.3 Å². The van der Waals surface area contributed by atoms with Gasteiger partial charge >= 0.3 is 12.3 Å². The van der Waals surface area contributed by atoms with Crippen LogP contribution in [0.1, 0.15) is 32.4 Å². The van der Waals surface area contributed by atoms with Gasteiger partial charge < -0.3 is 4.74 Å². The molecule has 1 aliphatic carbocycles. The van der Waals surface area contributed by atoms with Gasteiger partial charge in [0.05, 0.1) is 16.8 Å². The summed E-state index contributed by atoms with van der Waals surface area (Å²) in [5.41, 5.74) is 0.988. The van der Waals surface area contributed by atoms with Gasteiger partial charge in [-0.05, 0) is 79.6 Å². The minimum Gasteiger partial charge on any atom is -0.447 e. The summed E-state index contributed by atoms with van der Waals surface area (Å²) in [6.07, 6.45) is -3.54. The maximum absolute atomic E-state index is 13.5. The number of ether oxygens (including phenoxy) is 1. The Morgan fingerprint density at radius 3 is 2.56 bits per heavy atom. The van der Waals surface area contributed by atoms with Gasteiger partial charge in [0.25, 0.3) is 0 Å². The number of aromatic nitrogens is 1. The van der Waals surface area contributed by atoms with E-state index in [1.165, 1.54) is 23.6 Å². The average molecular weight is 481 g/mol. The highest BCUT2D eigenvalue weighted by Crippen LogP contribution is 2.58. The highest BCUT2D eigenvalue weighted by atomic mass is 35.5. The molecule has 4 nitrogen and oxygen atoms in total. The normalized spacial score (nSPS) is 15.0. The highest BCUT2D eigenvalue weighted by Gasteiger charge is 2.65. The summed E-state index contributed by atoms with van der Waals surface area (Å²) >= 11 is 7.87. The van der Waals surface area contributed by atoms with Crippen molar-refractivity contribution in [3.8, 4) is 21.6 Å². The second kappa shape index (κ2) is 8.41. The van der Waals surface area contributed by atoms with Crippen molar-refractivity contribution in [2.24, 2.45) is 0 Å². The van der Waals surface area contributed by atoms with Crippen LogP contribution in [0.15, 0.2) is 48.0 Å². The number of rotatable bonds is 5. The van der Waals surface area contributed by atoms with Crippen LogP contribution in [0.5, 0.6) is 0 Å². The van der Waals surface area contributed by atoms with Crippen molar-refractivity contribution in [3.05, 3.63) is 58.7 Å². The van der Waals surface area contributed by atoms with Gasteiger partial charge in [0, 0.05) is 22.3 Å². The number of benzene rings is 1. The van der Waals surface area contributed by atoms with E-state index in [9.17, 15) is 18.0 Å². The molecule has 0 bridgehead atoms. The summed E-state index contributed by atoms with van der Waals surface area (Å²) in [6, 6.07) is 10.2. The average Bonchev–Trinajstić information content (AvgIpc) is 3.40. The molecule has 1 aliphatic rings. The molecule has 0 unspecified atom stereocenters. The second-order valence-corrected chi connectivity index (χ2v) is 9.30. The van der Waals surface area contributed by atoms with Crippen molar-refractivity contribution >= 4 is 34.7 Å². The van der Waals surface area contributed by atoms with Crippen LogP contribution in [0, 0.1) is 0 Å². The molecule has 0 spiro atoms. The summed E-state index contributed by atoms with van der Waals surface area (Å²) in [6.45, 7) is 3.51. The number of hydrogen-bond acceptors (Lipinski definition) is 4. The van der Waals surface area contributed by atoms with Crippen LogP contribution < -0.4 is 5.32 Å². The number of anilines is 1. The second-order valence-electron chi connectivity index (χ2n) is 7.98. The van der Waals surface area contributed by atoms with Crippen molar-refractivity contribution in [2.45, 2.75) is 44.4 Å². The van der Waals surface area contributed by atoms with E-state index >= 15 is 0 Å². The highest BCUT2D eigenvalue weighted by molar-refractivity contribution is 7.14. The van der Waals surface area contributed by atoms with Gasteiger partial charge in [0.15, 0.2) is 0 Å². The van der Waals surface area contributed by atoms with E-state index < -0.39 is 17.7 Å². The fraction of sp³-hybridized carbons (Fsp3) is 0.304. The number of thiophene rings is 1. The molecule has 0 saturated heterocycles. The first-order chi connectivity index (χ1) is 15.1. The molecule has 4 rings (SSSR count). The molecule has 1 aromatic carbocycles. The Kier molecular flexibility index (Phi) is 5.94. The van der Waals surface area contributed by atoms with Gasteiger partial charge in [-0.3, -0.25) is 10.3 Å². The smallest absolute Gasteiger partial charge is 0.411 e. The first-order valence-corrected chi connectivity index (χ1v) is 11.2. The molecule has 1 amide bonds. The minimum atomic E-state index is -4.30. The van der Waals surface area contributed by atoms with E-state index in [-0.39, 0.29) is 24.6 Å². The zero-order valence-electron chi connectivity index (χ0n) is 17.3. The number of halogens is 4. The molecule has 3 aromatic rings. The molecule has 0 atom stereocenters. The molecule has 32 heavy (non-hydrogen) atoms. The van der Waals surface area contributed by atoms with Gasteiger partial charge in [0.2, 0.25) is 0 Å². The summed E-state index contributed by atoms with van der Waals surface area (Å²) in [7, 11) is 0. The van der Waals surface area contributed by atoms with E-state index in [0.29, 0.717) is 16.3 Å². The van der Waals surface area contributed by atoms with E-state index in [1.807, 2.05) is 11.4 Å². The van der Waals surface area contributed by atoms with Crippen LogP contribution >= 0.6 is 22.9 Å². The maximum atomic E-state index is 13.5. The SMILES string of the molecule is CC(C)OC(=O)Nc1ccc(-c2cc(-c3ccnc(C4(C(F)(F)F)CC4)c3)cs2)c(Cl)c1. The molecule has 2 aromatic heterocycles. The van der Waals surface area contributed by atoms with E-state index in [2.05, 4.69) is 10.3 Å². The zero-order valence-corrected chi connectivity index (χ0v) is 18.9. The molecule has 0 radical (unpaired) electrons. The van der Waals surface area contributed by atoms with E-state index in [0.717, 1.165) is 16.0 Å². The Morgan fingerprint density at radius 2 is 1.94 bits per heavy atom. The van der Waals surface area contributed by atoms with Crippen molar-refractivity contribution in [1.82, 2.24) is 4.98 Å². The van der Waals surface area contributed by atoms with Crippen LogP contribution in [0.2, 0.25) is 5.02 Å². The number of hydrogen-bond donors (Lipinski definition) is 1. The Labute approximate surface area is 192 Å². The largest absolute Gasteiger partial charge is 0.447 e. The van der Waals surface area contributed by atoms with Crippen molar-refractivity contribution in [3.63, 3.8) is 0 Å². The third-order valence-electron chi connectivity index (χ3n) is 5.30. The summed E-state index contributed by atoms with van der Waals surface area (Å²) in [5.74, 6) is 0. The molecule has 1 fully saturated rings. The lowest BCUT2D eigenvalue weighted by atomic mass is 9.98. The first kappa shape index (κ1) is 22.6. The van der Waals surface area contributed by atoms with Gasteiger partial charge in [-0.2, -0.15) is 13.2 Å². The van der Waals surface area contributed by atoms with Crippen LogP contribution in [0.4, 0.5) is 23.7 Å². The maximum Gasteiger partial charge on any atom is 0.411 e. The number of alkyl halides is 3. The van der Waals surface area contributed by atoms with Crippen molar-refractivity contribution in [2.75, 3.05) is 5.32 Å². The number of nitrogens with one attached hydrogen (secondary N) is 1. The Balaban J connectivity index is 1.56. The summed E-state index contributed by atoms with van der Waals surface area (Å²) < 4.78 is 45.5. The van der Waals surface area contributed by atoms with Crippen molar-refractivity contribution in [1.29, 1.82) is 0 Å². The molecular weight excluding hydrogens is 461 g/mol. The number of carbonyl (C=O) groups excluding carboxylic acids is 1. The molecule has 0 aliphatic heterocycles.